The average Bonchev–Trinajstić information content (AvgIpc) is 2.41. The third-order valence-corrected chi connectivity index (χ3v) is 2.91. The number of nitrogens with one attached hydrogen (secondary N) is 1. The molecule has 2 aromatic carbocycles. The molecule has 1 N–H and O–H groups in total. The highest BCUT2D eigenvalue weighted by Gasteiger charge is 1.97. The van der Waals surface area contributed by atoms with Gasteiger partial charge in [-0.25, -0.2) is 0 Å². The first kappa shape index (κ1) is 13.7. The summed E-state index contributed by atoms with van der Waals surface area (Å²) in [5.41, 5.74) is 1.62. The van der Waals surface area contributed by atoms with E-state index < -0.39 is 0 Å². The van der Waals surface area contributed by atoms with Gasteiger partial charge < -0.3 is 5.32 Å². The van der Waals surface area contributed by atoms with E-state index in [0.717, 1.165) is 5.56 Å². The van der Waals surface area contributed by atoms with Crippen LogP contribution in [0.4, 0.5) is 5.69 Å². The van der Waals surface area contributed by atoms with Crippen LogP contribution < -0.4 is 5.32 Å². The third-order valence-electron chi connectivity index (χ3n) is 2.41. The number of hydrogen-bond donors (Lipinski definition) is 1. The van der Waals surface area contributed by atoms with Gasteiger partial charge in [0.25, 0.3) is 0 Å². The van der Waals surface area contributed by atoms with Crippen molar-refractivity contribution in [2.75, 3.05) is 5.32 Å². The number of halogens is 2. The molecule has 0 aliphatic carbocycles. The van der Waals surface area contributed by atoms with Gasteiger partial charge >= 0.3 is 0 Å². The minimum Gasteiger partial charge on any atom is -0.323 e. The quantitative estimate of drug-likeness (QED) is 0.820. The minimum absolute atomic E-state index is 0.197. The van der Waals surface area contributed by atoms with Gasteiger partial charge in [-0.15, -0.1) is 0 Å². The second-order valence-electron chi connectivity index (χ2n) is 3.88. The van der Waals surface area contributed by atoms with E-state index in [-0.39, 0.29) is 5.91 Å². The lowest BCUT2D eigenvalue weighted by atomic mass is 10.2. The first-order valence-electron chi connectivity index (χ1n) is 5.64. The van der Waals surface area contributed by atoms with Gasteiger partial charge in [0.05, 0.1) is 0 Å². The van der Waals surface area contributed by atoms with Crippen molar-refractivity contribution in [3.8, 4) is 0 Å². The number of anilines is 1. The molecular formula is C15H11Cl2NO. The number of amides is 1. The van der Waals surface area contributed by atoms with Crippen LogP contribution in [0.25, 0.3) is 6.08 Å². The molecule has 4 heteroatoms. The lowest BCUT2D eigenvalue weighted by molar-refractivity contribution is -0.111. The normalized spacial score (nSPS) is 10.6. The van der Waals surface area contributed by atoms with Crippen molar-refractivity contribution in [2.45, 2.75) is 0 Å². The SMILES string of the molecule is O=C(C=Cc1ccc(Cl)cc1)Nc1ccc(Cl)cc1. The molecule has 0 spiro atoms. The molecule has 0 atom stereocenters. The van der Waals surface area contributed by atoms with E-state index in [4.69, 9.17) is 23.2 Å². The molecule has 0 aliphatic heterocycles. The first-order chi connectivity index (χ1) is 9.13. The summed E-state index contributed by atoms with van der Waals surface area (Å²) in [5.74, 6) is -0.197. The van der Waals surface area contributed by atoms with Crippen LogP contribution in [0.1, 0.15) is 5.56 Å². The Kier molecular flexibility index (Phi) is 4.61. The van der Waals surface area contributed by atoms with Crippen LogP contribution in [-0.4, -0.2) is 5.91 Å². The predicted molar refractivity (Wildman–Crippen MR) is 80.6 cm³/mol. The molecule has 2 aromatic rings. The molecular weight excluding hydrogens is 281 g/mol. The van der Waals surface area contributed by atoms with Crippen LogP contribution in [0.5, 0.6) is 0 Å². The molecule has 0 aromatic heterocycles. The van der Waals surface area contributed by atoms with Gasteiger partial charge in [0, 0.05) is 21.8 Å². The maximum absolute atomic E-state index is 11.7. The molecule has 2 rings (SSSR count). The van der Waals surface area contributed by atoms with Crippen LogP contribution in [0.3, 0.4) is 0 Å². The molecule has 0 aliphatic rings. The van der Waals surface area contributed by atoms with Crippen LogP contribution in [0, 0.1) is 0 Å². The van der Waals surface area contributed by atoms with Gasteiger partial charge in [-0.05, 0) is 48.0 Å². The Morgan fingerprint density at radius 1 is 0.895 bits per heavy atom. The fourth-order valence-corrected chi connectivity index (χ4v) is 1.71. The number of hydrogen-bond acceptors (Lipinski definition) is 1. The molecule has 0 saturated heterocycles. The van der Waals surface area contributed by atoms with Crippen molar-refractivity contribution in [3.05, 3.63) is 70.2 Å². The summed E-state index contributed by atoms with van der Waals surface area (Å²) >= 11 is 11.5. The molecule has 96 valence electrons. The van der Waals surface area contributed by atoms with Gasteiger partial charge in [-0.3, -0.25) is 4.79 Å². The fraction of sp³-hybridized carbons (Fsp3) is 0. The zero-order valence-electron chi connectivity index (χ0n) is 9.94. The average molecular weight is 292 g/mol. The second-order valence-corrected chi connectivity index (χ2v) is 4.75. The summed E-state index contributed by atoms with van der Waals surface area (Å²) in [5, 5.41) is 4.04. The van der Waals surface area contributed by atoms with Gasteiger partial charge in [0.1, 0.15) is 0 Å². The Bertz CT molecular complexity index is 589. The molecule has 2 nitrogen and oxygen atoms in total. The molecule has 0 saturated carbocycles. The Morgan fingerprint density at radius 2 is 1.42 bits per heavy atom. The zero-order chi connectivity index (χ0) is 13.7. The lowest BCUT2D eigenvalue weighted by Crippen LogP contribution is -2.07. The predicted octanol–water partition coefficient (Wildman–Crippen LogP) is 4.65. The van der Waals surface area contributed by atoms with E-state index in [1.54, 1.807) is 42.5 Å². The highest BCUT2D eigenvalue weighted by Crippen LogP contribution is 2.14. The smallest absolute Gasteiger partial charge is 0.248 e. The standard InChI is InChI=1S/C15H11Cl2NO/c16-12-4-1-11(2-5-12)3-10-15(19)18-14-8-6-13(17)7-9-14/h1-10H,(H,18,19). The zero-order valence-corrected chi connectivity index (χ0v) is 11.4. The summed E-state index contributed by atoms with van der Waals surface area (Å²) in [6.07, 6.45) is 3.19. The highest BCUT2D eigenvalue weighted by molar-refractivity contribution is 6.30. The maximum Gasteiger partial charge on any atom is 0.248 e. The molecule has 0 radical (unpaired) electrons. The summed E-state index contributed by atoms with van der Waals surface area (Å²) in [6, 6.07) is 14.2. The Morgan fingerprint density at radius 3 is 2.00 bits per heavy atom. The van der Waals surface area contributed by atoms with Gasteiger partial charge in [-0.2, -0.15) is 0 Å². The summed E-state index contributed by atoms with van der Waals surface area (Å²) in [6.45, 7) is 0. The number of benzene rings is 2. The van der Waals surface area contributed by atoms with Crippen molar-refractivity contribution in [1.82, 2.24) is 0 Å². The van der Waals surface area contributed by atoms with Gasteiger partial charge in [-0.1, -0.05) is 35.3 Å². The summed E-state index contributed by atoms with van der Waals surface area (Å²) in [7, 11) is 0. The van der Waals surface area contributed by atoms with E-state index in [2.05, 4.69) is 5.32 Å². The van der Waals surface area contributed by atoms with Crippen molar-refractivity contribution < 1.29 is 4.79 Å². The molecule has 0 fully saturated rings. The number of rotatable bonds is 3. The maximum atomic E-state index is 11.7. The van der Waals surface area contributed by atoms with Gasteiger partial charge in [0.15, 0.2) is 0 Å². The van der Waals surface area contributed by atoms with E-state index in [9.17, 15) is 4.79 Å². The molecule has 0 heterocycles. The van der Waals surface area contributed by atoms with Crippen LogP contribution in [0.2, 0.25) is 10.0 Å². The number of carbonyl (C=O) groups excluding carboxylic acids is 1. The minimum atomic E-state index is -0.197. The monoisotopic (exact) mass is 291 g/mol. The summed E-state index contributed by atoms with van der Waals surface area (Å²) < 4.78 is 0. The van der Waals surface area contributed by atoms with E-state index in [1.807, 2.05) is 12.1 Å². The summed E-state index contributed by atoms with van der Waals surface area (Å²) in [4.78, 5) is 11.7. The topological polar surface area (TPSA) is 29.1 Å². The largest absolute Gasteiger partial charge is 0.323 e. The van der Waals surface area contributed by atoms with E-state index in [0.29, 0.717) is 15.7 Å². The fourth-order valence-electron chi connectivity index (χ4n) is 1.46. The van der Waals surface area contributed by atoms with Crippen molar-refractivity contribution in [1.29, 1.82) is 0 Å². The third kappa shape index (κ3) is 4.43. The molecule has 0 unspecified atom stereocenters. The molecule has 19 heavy (non-hydrogen) atoms. The highest BCUT2D eigenvalue weighted by atomic mass is 35.5. The molecule has 0 bridgehead atoms. The Labute approximate surface area is 121 Å². The van der Waals surface area contributed by atoms with Crippen molar-refractivity contribution in [2.24, 2.45) is 0 Å². The van der Waals surface area contributed by atoms with Crippen molar-refractivity contribution >= 4 is 40.9 Å². The van der Waals surface area contributed by atoms with E-state index in [1.165, 1.54) is 6.08 Å². The number of carbonyl (C=O) groups is 1. The van der Waals surface area contributed by atoms with Crippen LogP contribution in [0.15, 0.2) is 54.6 Å². The van der Waals surface area contributed by atoms with Crippen molar-refractivity contribution in [3.63, 3.8) is 0 Å². The Balaban J connectivity index is 1.97. The lowest BCUT2D eigenvalue weighted by Gasteiger charge is -2.01. The first-order valence-corrected chi connectivity index (χ1v) is 6.39. The molecule has 1 amide bonds. The van der Waals surface area contributed by atoms with Crippen LogP contribution in [-0.2, 0) is 4.79 Å². The van der Waals surface area contributed by atoms with Gasteiger partial charge in [0.2, 0.25) is 5.91 Å². The Hall–Kier alpha value is -1.77. The van der Waals surface area contributed by atoms with E-state index >= 15 is 0 Å². The van der Waals surface area contributed by atoms with Crippen LogP contribution >= 0.6 is 23.2 Å². The second kappa shape index (κ2) is 6.41.